The predicted molar refractivity (Wildman–Crippen MR) is 113 cm³/mol. The number of hydrogen-bond acceptors (Lipinski definition) is 6. The molecule has 3 rings (SSSR count). The van der Waals surface area contributed by atoms with Crippen molar-refractivity contribution in [3.05, 3.63) is 59.7 Å². The number of hydrazine groups is 1. The second kappa shape index (κ2) is 10.3. The van der Waals surface area contributed by atoms with Crippen LogP contribution in [0.3, 0.4) is 0 Å². The Kier molecular flexibility index (Phi) is 7.50. The first-order valence-electron chi connectivity index (χ1n) is 8.94. The van der Waals surface area contributed by atoms with E-state index in [1.807, 2.05) is 54.7 Å². The molecule has 2 aromatic carbocycles. The molecule has 0 aliphatic carbocycles. The summed E-state index contributed by atoms with van der Waals surface area (Å²) in [5.41, 5.74) is 6.27. The highest BCUT2D eigenvalue weighted by Crippen LogP contribution is 2.48. The molecule has 2 aromatic rings. The minimum absolute atomic E-state index is 0.178. The number of amides is 2. The van der Waals surface area contributed by atoms with Crippen LogP contribution in [0.1, 0.15) is 27.4 Å². The van der Waals surface area contributed by atoms with Gasteiger partial charge in [-0.3, -0.25) is 20.4 Å². The second-order valence-electron chi connectivity index (χ2n) is 5.86. The maximum absolute atomic E-state index is 12.1. The van der Waals surface area contributed by atoms with Crippen molar-refractivity contribution in [3.8, 4) is 11.5 Å². The van der Waals surface area contributed by atoms with Crippen molar-refractivity contribution < 1.29 is 19.1 Å². The smallest absolute Gasteiger partial charge is 0.276 e. The van der Waals surface area contributed by atoms with Gasteiger partial charge in [0.05, 0.1) is 11.2 Å². The number of para-hydroxylation sites is 1. The summed E-state index contributed by atoms with van der Waals surface area (Å²) in [5.74, 6) is 2.77. The molecule has 0 atom stereocenters. The maximum atomic E-state index is 12.1. The molecule has 0 radical (unpaired) electrons. The topological polar surface area (TPSA) is 76.7 Å². The number of rotatable bonds is 7. The Bertz CT molecular complexity index is 808. The predicted octanol–water partition coefficient (Wildman–Crippen LogP) is 3.40. The van der Waals surface area contributed by atoms with Gasteiger partial charge >= 0.3 is 0 Å². The average molecular weight is 419 g/mol. The standard InChI is InChI=1S/C20H22N2O4S2/c1-2-25-15-9-7-14(8-10-15)19(24)22-21-18(23)13-26-17-6-4-3-5-16(17)20-27-11-12-28-20/h3-10,20H,2,11-13H2,1H3,(H,21,23)(H,22,24). The number of carbonyl (C=O) groups excluding carboxylic acids is 2. The van der Waals surface area contributed by atoms with Crippen molar-refractivity contribution in [2.45, 2.75) is 11.5 Å². The lowest BCUT2D eigenvalue weighted by Crippen LogP contribution is -2.43. The van der Waals surface area contributed by atoms with Gasteiger partial charge in [-0.2, -0.15) is 0 Å². The minimum Gasteiger partial charge on any atom is -0.494 e. The molecule has 28 heavy (non-hydrogen) atoms. The normalized spacial score (nSPS) is 13.8. The number of nitrogens with one attached hydrogen (secondary N) is 2. The molecule has 1 fully saturated rings. The first kappa shape index (κ1) is 20.4. The van der Waals surface area contributed by atoms with Gasteiger partial charge in [0.25, 0.3) is 11.8 Å². The SMILES string of the molecule is CCOc1ccc(C(=O)NNC(=O)COc2ccccc2C2SCCS2)cc1. The zero-order chi connectivity index (χ0) is 19.8. The molecule has 1 heterocycles. The summed E-state index contributed by atoms with van der Waals surface area (Å²) < 4.78 is 11.4. The van der Waals surface area contributed by atoms with Crippen LogP contribution in [0.25, 0.3) is 0 Å². The maximum Gasteiger partial charge on any atom is 0.276 e. The average Bonchev–Trinajstić information content (AvgIpc) is 3.26. The summed E-state index contributed by atoms with van der Waals surface area (Å²) >= 11 is 3.75. The molecule has 1 aliphatic rings. The van der Waals surface area contributed by atoms with Crippen LogP contribution in [-0.4, -0.2) is 36.5 Å². The lowest BCUT2D eigenvalue weighted by molar-refractivity contribution is -0.123. The van der Waals surface area contributed by atoms with Crippen LogP contribution in [0.4, 0.5) is 0 Å². The van der Waals surface area contributed by atoms with Crippen molar-refractivity contribution >= 4 is 35.3 Å². The molecule has 0 bridgehead atoms. The Morgan fingerprint density at radius 3 is 2.43 bits per heavy atom. The van der Waals surface area contributed by atoms with E-state index in [2.05, 4.69) is 10.9 Å². The van der Waals surface area contributed by atoms with Crippen molar-refractivity contribution in [3.63, 3.8) is 0 Å². The van der Waals surface area contributed by atoms with Crippen LogP contribution in [0, 0.1) is 0 Å². The molecule has 0 aromatic heterocycles. The molecule has 6 nitrogen and oxygen atoms in total. The number of thioether (sulfide) groups is 2. The Morgan fingerprint density at radius 2 is 1.71 bits per heavy atom. The summed E-state index contributed by atoms with van der Waals surface area (Å²) in [6.07, 6.45) is 0. The van der Waals surface area contributed by atoms with E-state index >= 15 is 0 Å². The van der Waals surface area contributed by atoms with Gasteiger partial charge in [0, 0.05) is 22.6 Å². The number of carbonyl (C=O) groups is 2. The van der Waals surface area contributed by atoms with E-state index in [0.29, 0.717) is 28.3 Å². The Hall–Kier alpha value is -2.32. The first-order valence-corrected chi connectivity index (χ1v) is 11.0. The summed E-state index contributed by atoms with van der Waals surface area (Å²) in [5, 5.41) is 0. The van der Waals surface area contributed by atoms with E-state index in [-0.39, 0.29) is 6.61 Å². The second-order valence-corrected chi connectivity index (χ2v) is 8.58. The van der Waals surface area contributed by atoms with E-state index in [1.165, 1.54) is 0 Å². The van der Waals surface area contributed by atoms with Gasteiger partial charge in [-0.15, -0.1) is 23.5 Å². The van der Waals surface area contributed by atoms with Crippen LogP contribution in [0.5, 0.6) is 11.5 Å². The number of hydrogen-bond donors (Lipinski definition) is 2. The van der Waals surface area contributed by atoms with E-state index in [1.54, 1.807) is 24.3 Å². The fourth-order valence-corrected chi connectivity index (χ4v) is 5.50. The van der Waals surface area contributed by atoms with Crippen LogP contribution in [0.2, 0.25) is 0 Å². The molecule has 0 unspecified atom stereocenters. The van der Waals surface area contributed by atoms with E-state index in [4.69, 9.17) is 9.47 Å². The van der Waals surface area contributed by atoms with E-state index in [0.717, 1.165) is 17.1 Å². The Morgan fingerprint density at radius 1 is 1.00 bits per heavy atom. The summed E-state index contributed by atoms with van der Waals surface area (Å²) in [6, 6.07) is 14.4. The first-order chi connectivity index (χ1) is 13.7. The Balaban J connectivity index is 1.48. The third-order valence-electron chi connectivity index (χ3n) is 3.90. The zero-order valence-electron chi connectivity index (χ0n) is 15.5. The van der Waals surface area contributed by atoms with Crippen LogP contribution in [-0.2, 0) is 4.79 Å². The molecule has 2 amide bonds. The summed E-state index contributed by atoms with van der Waals surface area (Å²) in [6.45, 7) is 2.27. The third-order valence-corrected chi connectivity index (χ3v) is 6.96. The summed E-state index contributed by atoms with van der Waals surface area (Å²) in [4.78, 5) is 24.2. The Labute approximate surface area is 172 Å². The molecular formula is C20H22N2O4S2. The monoisotopic (exact) mass is 418 g/mol. The minimum atomic E-state index is -0.430. The van der Waals surface area contributed by atoms with Crippen molar-refractivity contribution in [2.24, 2.45) is 0 Å². The third kappa shape index (κ3) is 5.59. The molecular weight excluding hydrogens is 396 g/mol. The van der Waals surface area contributed by atoms with Gasteiger partial charge in [-0.25, -0.2) is 0 Å². The molecule has 1 aliphatic heterocycles. The lowest BCUT2D eigenvalue weighted by Gasteiger charge is -2.15. The van der Waals surface area contributed by atoms with Gasteiger partial charge in [-0.1, -0.05) is 18.2 Å². The largest absolute Gasteiger partial charge is 0.494 e. The highest BCUT2D eigenvalue weighted by molar-refractivity contribution is 8.19. The lowest BCUT2D eigenvalue weighted by atomic mass is 10.2. The van der Waals surface area contributed by atoms with Crippen molar-refractivity contribution in [1.29, 1.82) is 0 Å². The number of ether oxygens (including phenoxy) is 2. The van der Waals surface area contributed by atoms with Gasteiger partial charge in [0.2, 0.25) is 0 Å². The van der Waals surface area contributed by atoms with Crippen LogP contribution in [0.15, 0.2) is 48.5 Å². The fraction of sp³-hybridized carbons (Fsp3) is 0.300. The molecule has 1 saturated heterocycles. The zero-order valence-corrected chi connectivity index (χ0v) is 17.1. The van der Waals surface area contributed by atoms with Gasteiger partial charge in [0.1, 0.15) is 11.5 Å². The number of benzene rings is 2. The van der Waals surface area contributed by atoms with Gasteiger partial charge < -0.3 is 9.47 Å². The molecule has 0 saturated carbocycles. The molecule has 148 valence electrons. The van der Waals surface area contributed by atoms with Crippen molar-refractivity contribution in [2.75, 3.05) is 24.7 Å². The highest BCUT2D eigenvalue weighted by atomic mass is 32.2. The van der Waals surface area contributed by atoms with Crippen LogP contribution < -0.4 is 20.3 Å². The quantitative estimate of drug-likeness (QED) is 0.671. The molecule has 0 spiro atoms. The highest BCUT2D eigenvalue weighted by Gasteiger charge is 2.21. The molecule has 2 N–H and O–H groups in total. The van der Waals surface area contributed by atoms with E-state index < -0.39 is 11.8 Å². The van der Waals surface area contributed by atoms with Gasteiger partial charge in [-0.05, 0) is 37.3 Å². The fourth-order valence-electron chi connectivity index (χ4n) is 2.59. The van der Waals surface area contributed by atoms with Crippen molar-refractivity contribution in [1.82, 2.24) is 10.9 Å². The molecule has 8 heteroatoms. The van der Waals surface area contributed by atoms with Crippen LogP contribution >= 0.6 is 23.5 Å². The van der Waals surface area contributed by atoms with Gasteiger partial charge in [0.15, 0.2) is 6.61 Å². The summed E-state index contributed by atoms with van der Waals surface area (Å²) in [7, 11) is 0. The van der Waals surface area contributed by atoms with E-state index in [9.17, 15) is 9.59 Å².